The summed E-state index contributed by atoms with van der Waals surface area (Å²) in [4.78, 5) is 11.0. The molecule has 6 heteroatoms. The van der Waals surface area contributed by atoms with E-state index in [1.165, 1.54) is 0 Å². The maximum Gasteiger partial charge on any atom is 0.213 e. The molecule has 0 bridgehead atoms. The molecule has 112 valence electrons. The molecule has 1 saturated heterocycles. The highest BCUT2D eigenvalue weighted by Crippen LogP contribution is 2.19. The van der Waals surface area contributed by atoms with Crippen LogP contribution in [-0.2, 0) is 6.42 Å². The largest absolute Gasteiger partial charge is 0.481 e. The van der Waals surface area contributed by atoms with Gasteiger partial charge in [0.2, 0.25) is 5.88 Å². The van der Waals surface area contributed by atoms with Gasteiger partial charge < -0.3 is 15.6 Å². The molecular formula is C15H20N4O2. The maximum atomic E-state index is 9.70. The Labute approximate surface area is 123 Å². The molecule has 6 nitrogen and oxygen atoms in total. The molecule has 3 rings (SSSR count). The predicted octanol–water partition coefficient (Wildman–Crippen LogP) is 0.185. The van der Waals surface area contributed by atoms with Crippen LogP contribution in [0.4, 0.5) is 0 Å². The normalized spacial score (nSPS) is 22.8. The molecule has 2 aromatic heterocycles. The number of aliphatic hydroxyl groups is 1. The van der Waals surface area contributed by atoms with Crippen LogP contribution in [0.3, 0.4) is 0 Å². The Kier molecular flexibility index (Phi) is 4.01. The summed E-state index contributed by atoms with van der Waals surface area (Å²) in [5.74, 6) is 0.593. The van der Waals surface area contributed by atoms with Gasteiger partial charge in [-0.1, -0.05) is 0 Å². The number of rotatable bonds is 4. The van der Waals surface area contributed by atoms with Crippen LogP contribution < -0.4 is 10.5 Å². The molecule has 21 heavy (non-hydrogen) atoms. The molecule has 0 unspecified atom stereocenters. The number of hydrogen-bond acceptors (Lipinski definition) is 6. The summed E-state index contributed by atoms with van der Waals surface area (Å²) in [6.45, 7) is 2.23. The fraction of sp³-hybridized carbons (Fsp3) is 0.467. The summed E-state index contributed by atoms with van der Waals surface area (Å²) in [5.41, 5.74) is 8.71. The number of fused-ring (bicyclic) bond motifs is 1. The topological polar surface area (TPSA) is 84.5 Å². The van der Waals surface area contributed by atoms with Gasteiger partial charge in [0.25, 0.3) is 0 Å². The number of aliphatic hydroxyl groups excluding tert-OH is 1. The zero-order valence-electron chi connectivity index (χ0n) is 12.1. The van der Waals surface area contributed by atoms with Gasteiger partial charge in [-0.2, -0.15) is 0 Å². The van der Waals surface area contributed by atoms with Gasteiger partial charge in [-0.3, -0.25) is 9.88 Å². The monoisotopic (exact) mass is 288 g/mol. The zero-order valence-corrected chi connectivity index (χ0v) is 12.1. The minimum Gasteiger partial charge on any atom is -0.481 e. The van der Waals surface area contributed by atoms with Gasteiger partial charge in [0.15, 0.2) is 0 Å². The summed E-state index contributed by atoms with van der Waals surface area (Å²) < 4.78 is 5.18. The summed E-state index contributed by atoms with van der Waals surface area (Å²) in [6.07, 6.45) is 2.23. The van der Waals surface area contributed by atoms with Crippen LogP contribution in [-0.4, -0.2) is 58.9 Å². The second-order valence-electron chi connectivity index (χ2n) is 5.43. The Morgan fingerprint density at radius 1 is 1.38 bits per heavy atom. The lowest BCUT2D eigenvalue weighted by molar-refractivity contribution is 0.165. The van der Waals surface area contributed by atoms with Gasteiger partial charge in [0, 0.05) is 37.9 Å². The molecule has 1 fully saturated rings. The molecule has 2 atom stereocenters. The number of nitrogens with zero attached hydrogens (tertiary/aromatic N) is 3. The number of ether oxygens (including phenoxy) is 1. The summed E-state index contributed by atoms with van der Waals surface area (Å²) in [7, 11) is 1.61. The lowest BCUT2D eigenvalue weighted by atomic mass is 10.1. The Balaban J connectivity index is 1.77. The first-order chi connectivity index (χ1) is 10.2. The molecule has 1 aliphatic heterocycles. The van der Waals surface area contributed by atoms with E-state index in [2.05, 4.69) is 14.9 Å². The highest BCUT2D eigenvalue weighted by atomic mass is 16.5. The maximum absolute atomic E-state index is 9.70. The van der Waals surface area contributed by atoms with Crippen molar-refractivity contribution in [1.82, 2.24) is 14.9 Å². The molecule has 2 aromatic rings. The Morgan fingerprint density at radius 3 is 2.95 bits per heavy atom. The average Bonchev–Trinajstić information content (AvgIpc) is 2.83. The number of pyridine rings is 2. The highest BCUT2D eigenvalue weighted by Gasteiger charge is 2.27. The highest BCUT2D eigenvalue weighted by molar-refractivity contribution is 5.78. The molecular weight excluding hydrogens is 268 g/mol. The minimum atomic E-state index is -0.419. The van der Waals surface area contributed by atoms with Crippen molar-refractivity contribution in [2.75, 3.05) is 26.7 Å². The molecule has 0 aromatic carbocycles. The van der Waals surface area contributed by atoms with Gasteiger partial charge in [-0.15, -0.1) is 0 Å². The van der Waals surface area contributed by atoms with E-state index in [1.807, 2.05) is 18.2 Å². The van der Waals surface area contributed by atoms with E-state index in [0.29, 0.717) is 12.4 Å². The molecule has 3 heterocycles. The van der Waals surface area contributed by atoms with E-state index in [-0.39, 0.29) is 6.04 Å². The van der Waals surface area contributed by atoms with Crippen molar-refractivity contribution in [2.45, 2.75) is 18.6 Å². The van der Waals surface area contributed by atoms with Crippen molar-refractivity contribution in [2.24, 2.45) is 5.73 Å². The predicted molar refractivity (Wildman–Crippen MR) is 80.2 cm³/mol. The third-order valence-electron chi connectivity index (χ3n) is 3.96. The fourth-order valence-corrected chi connectivity index (χ4v) is 2.73. The lowest BCUT2D eigenvalue weighted by Gasteiger charge is -2.15. The van der Waals surface area contributed by atoms with Crippen LogP contribution in [0.25, 0.3) is 11.0 Å². The SMILES string of the molecule is COc1ccc2nccc(CCN3C[C@@H](O)[C@@H](N)C3)c2n1. The van der Waals surface area contributed by atoms with Crippen molar-refractivity contribution in [3.05, 3.63) is 30.0 Å². The second-order valence-corrected chi connectivity index (χ2v) is 5.43. The smallest absolute Gasteiger partial charge is 0.213 e. The van der Waals surface area contributed by atoms with Crippen molar-refractivity contribution in [3.8, 4) is 5.88 Å². The van der Waals surface area contributed by atoms with Crippen LogP contribution in [0.2, 0.25) is 0 Å². The first-order valence-corrected chi connectivity index (χ1v) is 7.12. The second kappa shape index (κ2) is 5.93. The molecule has 0 saturated carbocycles. The van der Waals surface area contributed by atoms with E-state index in [0.717, 1.165) is 36.1 Å². The van der Waals surface area contributed by atoms with Gasteiger partial charge in [-0.25, -0.2) is 4.98 Å². The first-order valence-electron chi connectivity index (χ1n) is 7.12. The molecule has 0 aliphatic carbocycles. The molecule has 0 radical (unpaired) electrons. The molecule has 3 N–H and O–H groups in total. The van der Waals surface area contributed by atoms with Crippen LogP contribution in [0, 0.1) is 0 Å². The number of aromatic nitrogens is 2. The minimum absolute atomic E-state index is 0.141. The molecule has 0 amide bonds. The van der Waals surface area contributed by atoms with E-state index < -0.39 is 6.10 Å². The molecule has 0 spiro atoms. The van der Waals surface area contributed by atoms with Gasteiger partial charge in [0.1, 0.15) is 0 Å². The number of likely N-dealkylation sites (tertiary alicyclic amines) is 1. The van der Waals surface area contributed by atoms with Crippen molar-refractivity contribution in [1.29, 1.82) is 0 Å². The first kappa shape index (κ1) is 14.2. The summed E-state index contributed by atoms with van der Waals surface area (Å²) in [6, 6.07) is 5.58. The van der Waals surface area contributed by atoms with Crippen molar-refractivity contribution in [3.63, 3.8) is 0 Å². The van der Waals surface area contributed by atoms with Crippen LogP contribution in [0.15, 0.2) is 24.4 Å². The average molecular weight is 288 g/mol. The Morgan fingerprint density at radius 2 is 2.24 bits per heavy atom. The van der Waals surface area contributed by atoms with Crippen molar-refractivity contribution < 1.29 is 9.84 Å². The third-order valence-corrected chi connectivity index (χ3v) is 3.96. The van der Waals surface area contributed by atoms with Crippen LogP contribution >= 0.6 is 0 Å². The number of β-amino-alcohol motifs (C(OH)–C–C–N with tert-alkyl or cyclic N) is 1. The van der Waals surface area contributed by atoms with Crippen LogP contribution in [0.1, 0.15) is 5.56 Å². The quantitative estimate of drug-likeness (QED) is 0.835. The van der Waals surface area contributed by atoms with E-state index in [4.69, 9.17) is 10.5 Å². The summed E-state index contributed by atoms with van der Waals surface area (Å²) >= 11 is 0. The third kappa shape index (κ3) is 2.97. The zero-order chi connectivity index (χ0) is 14.8. The molecule has 1 aliphatic rings. The van der Waals surface area contributed by atoms with E-state index >= 15 is 0 Å². The fourth-order valence-electron chi connectivity index (χ4n) is 2.73. The van der Waals surface area contributed by atoms with Gasteiger partial charge in [0.05, 0.1) is 24.2 Å². The summed E-state index contributed by atoms with van der Waals surface area (Å²) in [5, 5.41) is 9.70. The number of hydrogen-bond donors (Lipinski definition) is 2. The van der Waals surface area contributed by atoms with E-state index in [9.17, 15) is 5.11 Å². The Bertz CT molecular complexity index is 624. The van der Waals surface area contributed by atoms with E-state index in [1.54, 1.807) is 13.3 Å². The Hall–Kier alpha value is -1.76. The standard InChI is InChI=1S/C15H20N4O2/c1-21-14-3-2-12-15(18-14)10(4-6-17-12)5-7-19-8-11(16)13(20)9-19/h2-4,6,11,13,20H,5,7-9,16H2,1H3/t11-,13+/m0/s1. The van der Waals surface area contributed by atoms with Gasteiger partial charge in [-0.05, 0) is 24.1 Å². The van der Waals surface area contributed by atoms with Crippen molar-refractivity contribution >= 4 is 11.0 Å². The van der Waals surface area contributed by atoms with Crippen LogP contribution in [0.5, 0.6) is 5.88 Å². The number of nitrogens with two attached hydrogens (primary N) is 1. The number of methoxy groups -OCH3 is 1. The lowest BCUT2D eigenvalue weighted by Crippen LogP contribution is -2.32. The van der Waals surface area contributed by atoms with Gasteiger partial charge >= 0.3 is 0 Å².